The van der Waals surface area contributed by atoms with Gasteiger partial charge in [-0.15, -0.1) is 0 Å². The molecule has 1 aliphatic rings. The van der Waals surface area contributed by atoms with Crippen LogP contribution in [0.3, 0.4) is 0 Å². The summed E-state index contributed by atoms with van der Waals surface area (Å²) in [7, 11) is 1.84. The Bertz CT molecular complexity index is 1040. The Morgan fingerprint density at radius 1 is 1.30 bits per heavy atom. The smallest absolute Gasteiger partial charge is 0.255 e. The molecule has 7 heteroatoms. The van der Waals surface area contributed by atoms with Crippen molar-refractivity contribution in [2.45, 2.75) is 26.3 Å². The second kappa shape index (κ2) is 6.83. The van der Waals surface area contributed by atoms with E-state index >= 15 is 0 Å². The van der Waals surface area contributed by atoms with Crippen LogP contribution < -0.4 is 5.32 Å². The van der Waals surface area contributed by atoms with Crippen molar-refractivity contribution in [3.05, 3.63) is 53.3 Å². The lowest BCUT2D eigenvalue weighted by Crippen LogP contribution is -2.24. The fourth-order valence-corrected chi connectivity index (χ4v) is 3.48. The molecule has 3 heterocycles. The van der Waals surface area contributed by atoms with Crippen LogP contribution in [0.25, 0.3) is 11.0 Å². The minimum Gasteiger partial charge on any atom is -0.338 e. The molecule has 1 N–H and O–H groups in total. The minimum absolute atomic E-state index is 0.177. The molecule has 4 rings (SSSR count). The number of anilines is 1. The zero-order chi connectivity index (χ0) is 19.0. The van der Waals surface area contributed by atoms with E-state index in [1.807, 2.05) is 43.1 Å². The summed E-state index contributed by atoms with van der Waals surface area (Å²) in [5, 5.41) is 8.16. The highest BCUT2D eigenvalue weighted by Gasteiger charge is 2.20. The molecule has 2 aromatic heterocycles. The number of aryl methyl sites for hydroxylation is 2. The first-order chi connectivity index (χ1) is 13.0. The second-order valence-electron chi connectivity index (χ2n) is 6.88. The van der Waals surface area contributed by atoms with Crippen molar-refractivity contribution in [3.8, 4) is 0 Å². The van der Waals surface area contributed by atoms with Crippen LogP contribution in [0.1, 0.15) is 34.5 Å². The van der Waals surface area contributed by atoms with E-state index < -0.39 is 0 Å². The molecule has 0 spiro atoms. The summed E-state index contributed by atoms with van der Waals surface area (Å²) < 4.78 is 1.72. The molecule has 2 amide bonds. The first-order valence-corrected chi connectivity index (χ1v) is 8.99. The highest BCUT2D eigenvalue weighted by Crippen LogP contribution is 2.20. The molecule has 0 unspecified atom stereocenters. The molecule has 0 bridgehead atoms. The number of hydrogen-bond donors (Lipinski definition) is 1. The van der Waals surface area contributed by atoms with Crippen molar-refractivity contribution in [2.75, 3.05) is 11.9 Å². The molecular formula is C20H21N5O2. The molecule has 27 heavy (non-hydrogen) atoms. The molecule has 0 saturated carbocycles. The Kier molecular flexibility index (Phi) is 4.35. The van der Waals surface area contributed by atoms with Gasteiger partial charge in [-0.05, 0) is 37.1 Å². The van der Waals surface area contributed by atoms with Crippen LogP contribution in [0.15, 0.2) is 36.5 Å². The zero-order valence-corrected chi connectivity index (χ0v) is 15.4. The van der Waals surface area contributed by atoms with E-state index in [1.165, 1.54) is 0 Å². The van der Waals surface area contributed by atoms with Crippen molar-refractivity contribution in [2.24, 2.45) is 7.05 Å². The normalized spacial score (nSPS) is 14.1. The van der Waals surface area contributed by atoms with Crippen LogP contribution in [0, 0.1) is 6.92 Å². The van der Waals surface area contributed by atoms with Gasteiger partial charge in [-0.1, -0.05) is 12.1 Å². The third-order valence-electron chi connectivity index (χ3n) is 4.85. The van der Waals surface area contributed by atoms with Crippen LogP contribution in [-0.4, -0.2) is 38.0 Å². The predicted molar refractivity (Wildman–Crippen MR) is 102 cm³/mol. The average molecular weight is 363 g/mol. The summed E-state index contributed by atoms with van der Waals surface area (Å²) in [5.41, 5.74) is 3.79. The van der Waals surface area contributed by atoms with Gasteiger partial charge in [0.15, 0.2) is 5.65 Å². The van der Waals surface area contributed by atoms with Gasteiger partial charge in [-0.2, -0.15) is 5.10 Å². The van der Waals surface area contributed by atoms with E-state index in [9.17, 15) is 9.59 Å². The van der Waals surface area contributed by atoms with Gasteiger partial charge < -0.3 is 10.2 Å². The van der Waals surface area contributed by atoms with Crippen LogP contribution in [0.5, 0.6) is 0 Å². The lowest BCUT2D eigenvalue weighted by Gasteiger charge is -2.16. The number of aromatic nitrogens is 3. The highest BCUT2D eigenvalue weighted by atomic mass is 16.2. The van der Waals surface area contributed by atoms with Crippen molar-refractivity contribution < 1.29 is 9.59 Å². The summed E-state index contributed by atoms with van der Waals surface area (Å²) in [6.45, 7) is 3.24. The highest BCUT2D eigenvalue weighted by molar-refractivity contribution is 6.05. The maximum absolute atomic E-state index is 12.7. The van der Waals surface area contributed by atoms with E-state index in [-0.39, 0.29) is 11.8 Å². The van der Waals surface area contributed by atoms with E-state index in [0.29, 0.717) is 24.2 Å². The molecule has 1 aliphatic heterocycles. The number of pyridine rings is 1. The third-order valence-corrected chi connectivity index (χ3v) is 4.85. The number of carbonyl (C=O) groups is 2. The fraction of sp³-hybridized carbons (Fsp3) is 0.300. The summed E-state index contributed by atoms with van der Waals surface area (Å²) in [5.74, 6) is -0.0247. The SMILES string of the molecule is Cc1nn(C)c2ncc(NC(=O)c3cccc(CN4CCCC4=O)c3)cc12. The van der Waals surface area contributed by atoms with E-state index in [4.69, 9.17) is 0 Å². The second-order valence-corrected chi connectivity index (χ2v) is 6.88. The Labute approximate surface area is 157 Å². The molecule has 0 radical (unpaired) electrons. The summed E-state index contributed by atoms with van der Waals surface area (Å²) in [6, 6.07) is 9.27. The number of likely N-dealkylation sites (tertiary alicyclic amines) is 1. The van der Waals surface area contributed by atoms with Crippen LogP contribution in [-0.2, 0) is 18.4 Å². The Morgan fingerprint density at radius 3 is 2.93 bits per heavy atom. The van der Waals surface area contributed by atoms with Crippen molar-refractivity contribution >= 4 is 28.5 Å². The zero-order valence-electron chi connectivity index (χ0n) is 15.4. The first-order valence-electron chi connectivity index (χ1n) is 8.99. The molecular weight excluding hydrogens is 342 g/mol. The van der Waals surface area contributed by atoms with E-state index in [0.717, 1.165) is 35.3 Å². The van der Waals surface area contributed by atoms with Gasteiger partial charge in [0.2, 0.25) is 5.91 Å². The predicted octanol–water partition coefficient (Wildman–Crippen LogP) is 2.65. The van der Waals surface area contributed by atoms with Crippen LogP contribution >= 0.6 is 0 Å². The number of benzene rings is 1. The number of nitrogens with zero attached hydrogens (tertiary/aromatic N) is 4. The Morgan fingerprint density at radius 2 is 2.15 bits per heavy atom. The number of carbonyl (C=O) groups excluding carboxylic acids is 2. The lowest BCUT2D eigenvalue weighted by molar-refractivity contribution is -0.128. The topological polar surface area (TPSA) is 80.1 Å². The van der Waals surface area contributed by atoms with Gasteiger partial charge in [0.25, 0.3) is 5.91 Å². The number of nitrogens with one attached hydrogen (secondary N) is 1. The fourth-order valence-electron chi connectivity index (χ4n) is 3.48. The summed E-state index contributed by atoms with van der Waals surface area (Å²) in [6.07, 6.45) is 3.15. The van der Waals surface area contributed by atoms with Crippen molar-refractivity contribution in [1.29, 1.82) is 0 Å². The van der Waals surface area contributed by atoms with Gasteiger partial charge in [-0.25, -0.2) is 4.98 Å². The molecule has 3 aromatic rings. The molecule has 7 nitrogen and oxygen atoms in total. The van der Waals surface area contributed by atoms with Crippen LogP contribution in [0.2, 0.25) is 0 Å². The quantitative estimate of drug-likeness (QED) is 0.773. The number of hydrogen-bond acceptors (Lipinski definition) is 4. The summed E-state index contributed by atoms with van der Waals surface area (Å²) >= 11 is 0. The summed E-state index contributed by atoms with van der Waals surface area (Å²) in [4.78, 5) is 30.7. The lowest BCUT2D eigenvalue weighted by atomic mass is 10.1. The van der Waals surface area contributed by atoms with Gasteiger partial charge in [0, 0.05) is 37.5 Å². The Balaban J connectivity index is 1.52. The van der Waals surface area contributed by atoms with Gasteiger partial charge in [-0.3, -0.25) is 14.3 Å². The molecule has 1 saturated heterocycles. The third kappa shape index (κ3) is 3.40. The molecule has 1 aromatic carbocycles. The largest absolute Gasteiger partial charge is 0.338 e. The first kappa shape index (κ1) is 17.2. The van der Waals surface area contributed by atoms with Gasteiger partial charge in [0.05, 0.1) is 17.6 Å². The number of amides is 2. The van der Waals surface area contributed by atoms with Crippen molar-refractivity contribution in [3.63, 3.8) is 0 Å². The van der Waals surface area contributed by atoms with E-state index in [2.05, 4.69) is 15.4 Å². The molecule has 138 valence electrons. The molecule has 0 aliphatic carbocycles. The van der Waals surface area contributed by atoms with Gasteiger partial charge in [0.1, 0.15) is 0 Å². The number of fused-ring (bicyclic) bond motifs is 1. The van der Waals surface area contributed by atoms with Crippen LogP contribution in [0.4, 0.5) is 5.69 Å². The molecule has 0 atom stereocenters. The molecule has 1 fully saturated rings. The minimum atomic E-state index is -0.202. The van der Waals surface area contributed by atoms with Gasteiger partial charge >= 0.3 is 0 Å². The maximum Gasteiger partial charge on any atom is 0.255 e. The monoisotopic (exact) mass is 363 g/mol. The average Bonchev–Trinajstić information content (AvgIpc) is 3.18. The number of rotatable bonds is 4. The van der Waals surface area contributed by atoms with Crippen molar-refractivity contribution in [1.82, 2.24) is 19.7 Å². The van der Waals surface area contributed by atoms with E-state index in [1.54, 1.807) is 16.9 Å². The Hall–Kier alpha value is -3.22. The maximum atomic E-state index is 12.7. The standard InChI is InChI=1S/C20H21N5O2/c1-13-17-10-16(11-21-19(17)24(2)23-13)22-20(27)15-6-3-5-14(9-15)12-25-8-4-7-18(25)26/h3,5-6,9-11H,4,7-8,12H2,1-2H3,(H,22,27).